The number of benzene rings is 3. The van der Waals surface area contributed by atoms with Crippen molar-refractivity contribution < 1.29 is 38.5 Å². The highest BCUT2D eigenvalue weighted by Crippen LogP contribution is 2.44. The molecule has 0 bridgehead atoms. The molecule has 5 heterocycles. The van der Waals surface area contributed by atoms with Crippen LogP contribution in [-0.2, 0) is 25.7 Å². The quantitative estimate of drug-likeness (QED) is 0.120. The average Bonchev–Trinajstić information content (AvgIpc) is 4.06. The molecule has 6 atom stereocenters. The van der Waals surface area contributed by atoms with Gasteiger partial charge in [-0.25, -0.2) is 19.6 Å². The molecule has 59 heavy (non-hydrogen) atoms. The summed E-state index contributed by atoms with van der Waals surface area (Å²) < 4.78 is 15.9. The number of hydrogen-bond acceptors (Lipinski definition) is 10. The van der Waals surface area contributed by atoms with Crippen molar-refractivity contribution in [2.45, 2.75) is 96.2 Å². The molecular formula is C43H50N8O8. The Labute approximate surface area is 341 Å². The normalized spacial score (nSPS) is 20.9. The lowest BCUT2D eigenvalue weighted by Gasteiger charge is -2.32. The maximum atomic E-state index is 13.8. The Morgan fingerprint density at radius 2 is 1.56 bits per heavy atom. The van der Waals surface area contributed by atoms with Crippen LogP contribution in [-0.4, -0.2) is 104 Å². The first-order valence-corrected chi connectivity index (χ1v) is 20.1. The summed E-state index contributed by atoms with van der Waals surface area (Å²) in [4.78, 5) is 71.6. The number of aliphatic hydroxyl groups is 1. The Bertz CT molecular complexity index is 2440. The van der Waals surface area contributed by atoms with Crippen LogP contribution in [0.4, 0.5) is 9.59 Å². The highest BCUT2D eigenvalue weighted by Gasteiger charge is 2.42. The van der Waals surface area contributed by atoms with Crippen molar-refractivity contribution in [1.29, 1.82) is 0 Å². The number of aromatic nitrogens is 4. The molecule has 2 fully saturated rings. The predicted octanol–water partition coefficient (Wildman–Crippen LogP) is 5.87. The highest BCUT2D eigenvalue weighted by atomic mass is 16.5. The molecule has 8 rings (SSSR count). The zero-order chi connectivity index (χ0) is 41.7. The van der Waals surface area contributed by atoms with Crippen LogP contribution in [0.3, 0.4) is 0 Å². The molecule has 3 aliphatic rings. The van der Waals surface area contributed by atoms with E-state index in [1.54, 1.807) is 11.1 Å². The Hall–Kier alpha value is -6.16. The van der Waals surface area contributed by atoms with Gasteiger partial charge in [0.2, 0.25) is 11.8 Å². The molecule has 3 aliphatic heterocycles. The first-order chi connectivity index (χ1) is 28.4. The lowest BCUT2D eigenvalue weighted by molar-refractivity contribution is -0.138. The fraction of sp³-hybridized carbons (Fsp3) is 0.442. The molecule has 5 aromatic rings. The van der Waals surface area contributed by atoms with Gasteiger partial charge in [0.1, 0.15) is 36.1 Å². The summed E-state index contributed by atoms with van der Waals surface area (Å²) in [5, 5.41) is 17.0. The van der Waals surface area contributed by atoms with E-state index in [4.69, 9.17) is 19.4 Å². The molecule has 310 valence electrons. The van der Waals surface area contributed by atoms with Crippen molar-refractivity contribution in [2.24, 2.45) is 5.92 Å². The van der Waals surface area contributed by atoms with Gasteiger partial charge in [0.25, 0.3) is 0 Å². The molecule has 0 spiro atoms. The Morgan fingerprint density at radius 3 is 2.25 bits per heavy atom. The number of alkyl carbamates (subject to hydrolysis) is 2. The summed E-state index contributed by atoms with van der Waals surface area (Å²) in [6.07, 6.45) is 3.35. The third kappa shape index (κ3) is 7.19. The summed E-state index contributed by atoms with van der Waals surface area (Å²) in [6, 6.07) is 11.8. The summed E-state index contributed by atoms with van der Waals surface area (Å²) in [5.41, 5.74) is 6.41. The third-order valence-electron chi connectivity index (χ3n) is 12.1. The molecule has 3 aromatic carbocycles. The first kappa shape index (κ1) is 39.7. The molecule has 2 aromatic heterocycles. The van der Waals surface area contributed by atoms with Crippen LogP contribution in [0.2, 0.25) is 0 Å². The maximum Gasteiger partial charge on any atom is 0.407 e. The Morgan fingerprint density at radius 1 is 0.864 bits per heavy atom. The lowest BCUT2D eigenvalue weighted by Crippen LogP contribution is -2.52. The van der Waals surface area contributed by atoms with Crippen LogP contribution in [0.5, 0.6) is 5.75 Å². The van der Waals surface area contributed by atoms with Crippen molar-refractivity contribution in [2.75, 3.05) is 20.8 Å². The smallest absolute Gasteiger partial charge is 0.407 e. The number of aromatic amines is 2. The van der Waals surface area contributed by atoms with Crippen molar-refractivity contribution in [1.82, 2.24) is 40.4 Å². The van der Waals surface area contributed by atoms with Gasteiger partial charge in [0.15, 0.2) is 0 Å². The van der Waals surface area contributed by atoms with E-state index >= 15 is 0 Å². The van der Waals surface area contributed by atoms with Crippen molar-refractivity contribution in [3.8, 4) is 28.1 Å². The number of hydrogen-bond donors (Lipinski definition) is 5. The fourth-order valence-corrected chi connectivity index (χ4v) is 8.96. The molecule has 5 N–H and O–H groups in total. The SMILES string of the molecule is COC(=O)N[C@@H](CO)C(=O)N1[C@@H](C)CC[C@H]1c1nc2ccc3cc4c(cc3c2[nH]1)OCc1cc(-c2cnc([C@@H]3CC[C@H](C)N3C(=O)[C@@H](NC(=O)OC)C(C)C)[nH]2)ccc1-4. The largest absolute Gasteiger partial charge is 0.488 e. The van der Waals surface area contributed by atoms with Crippen LogP contribution in [0.25, 0.3) is 44.2 Å². The topological polar surface area (TPSA) is 204 Å². The van der Waals surface area contributed by atoms with Gasteiger partial charge in [-0.3, -0.25) is 9.59 Å². The molecule has 2 saturated heterocycles. The van der Waals surface area contributed by atoms with E-state index in [1.807, 2.05) is 50.8 Å². The number of nitrogens with one attached hydrogen (secondary N) is 4. The molecule has 0 radical (unpaired) electrons. The van der Waals surface area contributed by atoms with Crippen molar-refractivity contribution >= 4 is 45.8 Å². The Kier molecular flexibility index (Phi) is 10.7. The minimum absolute atomic E-state index is 0.0222. The van der Waals surface area contributed by atoms with Gasteiger partial charge in [-0.2, -0.15) is 0 Å². The van der Waals surface area contributed by atoms with E-state index in [2.05, 4.69) is 49.6 Å². The number of ether oxygens (including phenoxy) is 3. The van der Waals surface area contributed by atoms with Crippen LogP contribution < -0.4 is 15.4 Å². The number of methoxy groups -OCH3 is 2. The highest BCUT2D eigenvalue weighted by molar-refractivity contribution is 6.07. The number of carbonyl (C=O) groups is 4. The van der Waals surface area contributed by atoms with Crippen LogP contribution >= 0.6 is 0 Å². The summed E-state index contributed by atoms with van der Waals surface area (Å²) in [7, 11) is 2.49. The van der Waals surface area contributed by atoms with E-state index < -0.39 is 36.8 Å². The number of imidazole rings is 2. The summed E-state index contributed by atoms with van der Waals surface area (Å²) in [5.74, 6) is 1.39. The van der Waals surface area contributed by atoms with E-state index in [9.17, 15) is 24.3 Å². The maximum absolute atomic E-state index is 13.8. The van der Waals surface area contributed by atoms with Crippen LogP contribution in [0.1, 0.15) is 82.7 Å². The number of carbonyl (C=O) groups excluding carboxylic acids is 4. The second-order valence-electron chi connectivity index (χ2n) is 16.1. The third-order valence-corrected chi connectivity index (χ3v) is 12.1. The van der Waals surface area contributed by atoms with E-state index in [-0.39, 0.29) is 36.0 Å². The number of amides is 4. The molecule has 0 unspecified atom stereocenters. The molecule has 4 amide bonds. The van der Waals surface area contributed by atoms with Gasteiger partial charge < -0.3 is 49.7 Å². The molecule has 0 aliphatic carbocycles. The fourth-order valence-electron chi connectivity index (χ4n) is 8.96. The van der Waals surface area contributed by atoms with Gasteiger partial charge in [-0.15, -0.1) is 0 Å². The summed E-state index contributed by atoms with van der Waals surface area (Å²) in [6.45, 7) is 7.57. The van der Waals surface area contributed by atoms with Gasteiger partial charge in [-0.05, 0) is 91.8 Å². The van der Waals surface area contributed by atoms with Gasteiger partial charge in [-0.1, -0.05) is 32.0 Å². The van der Waals surface area contributed by atoms with E-state index in [0.717, 1.165) is 74.8 Å². The Balaban J connectivity index is 1.04. The van der Waals surface area contributed by atoms with Crippen LogP contribution in [0, 0.1) is 5.92 Å². The number of rotatable bonds is 9. The molecule has 16 heteroatoms. The number of aliphatic hydroxyl groups excluding tert-OH is 1. The lowest BCUT2D eigenvalue weighted by atomic mass is 9.92. The van der Waals surface area contributed by atoms with Gasteiger partial charge >= 0.3 is 12.2 Å². The van der Waals surface area contributed by atoms with Crippen molar-refractivity contribution in [3.05, 3.63) is 65.9 Å². The van der Waals surface area contributed by atoms with Crippen LogP contribution in [0.15, 0.2) is 48.7 Å². The minimum atomic E-state index is -1.14. The average molecular weight is 807 g/mol. The number of H-pyrrole nitrogens is 2. The number of fused-ring (bicyclic) bond motifs is 6. The van der Waals surface area contributed by atoms with E-state index in [1.165, 1.54) is 14.2 Å². The summed E-state index contributed by atoms with van der Waals surface area (Å²) >= 11 is 0. The van der Waals surface area contributed by atoms with Crippen molar-refractivity contribution in [3.63, 3.8) is 0 Å². The van der Waals surface area contributed by atoms with Gasteiger partial charge in [0.05, 0.1) is 55.8 Å². The molecule has 0 saturated carbocycles. The number of nitrogens with zero attached hydrogens (tertiary/aromatic N) is 4. The predicted molar refractivity (Wildman–Crippen MR) is 218 cm³/mol. The first-order valence-electron chi connectivity index (χ1n) is 20.1. The second-order valence-corrected chi connectivity index (χ2v) is 16.1. The van der Waals surface area contributed by atoms with Gasteiger partial charge in [0, 0.05) is 23.0 Å². The monoisotopic (exact) mass is 806 g/mol. The minimum Gasteiger partial charge on any atom is -0.488 e. The standard InChI is InChI=1S/C43H50N8O8/c1-21(2)36(49-43(56)58-6)41(54)51-23(4)7-13-33(51)38-44-18-31(46-38)25-9-11-27-26(15-25)20-59-35-17-28-24(16-29(27)35)10-12-30-37(28)48-39(45-30)34-14-8-22(3)50(34)40(53)32(19-52)47-42(55)57-5/h9-12,15-18,21-23,32-34,36,52H,7-8,13-14,19-20H2,1-6H3,(H,44,46)(H,45,48)(H,47,55)(H,49,56)/t22-,23-,32-,33-,34-,36-/m0/s1. The zero-order valence-electron chi connectivity index (χ0n) is 34.0. The number of likely N-dealkylation sites (tertiary alicyclic amines) is 2. The van der Waals surface area contributed by atoms with E-state index in [0.29, 0.717) is 24.7 Å². The molecule has 16 nitrogen and oxygen atoms in total. The molecular weight excluding hydrogens is 757 g/mol. The second kappa shape index (κ2) is 15.9. The zero-order valence-corrected chi connectivity index (χ0v) is 34.0.